The van der Waals surface area contributed by atoms with Crippen LogP contribution >= 0.6 is 0 Å². The Hall–Kier alpha value is -0.0800. The molecule has 0 aromatic heterocycles. The van der Waals surface area contributed by atoms with Gasteiger partial charge < -0.3 is 10.2 Å². The molecule has 0 aromatic carbocycles. The van der Waals surface area contributed by atoms with Crippen LogP contribution in [0, 0.1) is 5.92 Å². The molecule has 0 spiro atoms. The zero-order valence-corrected chi connectivity index (χ0v) is 9.06. The van der Waals surface area contributed by atoms with Gasteiger partial charge in [-0.15, -0.1) is 0 Å². The summed E-state index contributed by atoms with van der Waals surface area (Å²) in [4.78, 5) is 2.56. The molecule has 0 atom stereocenters. The van der Waals surface area contributed by atoms with Crippen LogP contribution < -0.4 is 5.32 Å². The summed E-state index contributed by atoms with van der Waals surface area (Å²) in [6, 6.07) is 0. The Labute approximate surface area is 77.3 Å². The molecule has 12 heavy (non-hydrogen) atoms. The van der Waals surface area contributed by atoms with Crippen molar-refractivity contribution in [2.24, 2.45) is 5.92 Å². The van der Waals surface area contributed by atoms with Gasteiger partial charge in [0.15, 0.2) is 0 Å². The number of hydrogen-bond acceptors (Lipinski definition) is 2. The van der Waals surface area contributed by atoms with Crippen LogP contribution in [0.1, 0.15) is 26.7 Å². The molecule has 0 bridgehead atoms. The maximum absolute atomic E-state index is 2.75. The van der Waals surface area contributed by atoms with E-state index in [4.69, 9.17) is 0 Å². The van der Waals surface area contributed by atoms with Crippen LogP contribution in [0.15, 0.2) is 0 Å². The predicted molar refractivity (Wildman–Crippen MR) is 55.5 cm³/mol. The maximum atomic E-state index is 2.75. The van der Waals surface area contributed by atoms with Crippen LogP contribution in [0.25, 0.3) is 0 Å². The summed E-state index contributed by atoms with van der Waals surface area (Å²) < 4.78 is 0. The highest BCUT2D eigenvalue weighted by atomic mass is 15.1. The minimum absolute atomic E-state index is 0.850. The number of likely N-dealkylation sites (tertiary alicyclic amines) is 1. The topological polar surface area (TPSA) is 15.3 Å². The van der Waals surface area contributed by atoms with Gasteiger partial charge in [0.1, 0.15) is 0 Å². The van der Waals surface area contributed by atoms with Crippen molar-refractivity contribution < 1.29 is 0 Å². The molecule has 0 aliphatic carbocycles. The van der Waals surface area contributed by atoms with Crippen molar-refractivity contribution in [3.8, 4) is 0 Å². The number of nitrogens with one attached hydrogen (secondary N) is 1. The van der Waals surface area contributed by atoms with E-state index in [1.807, 2.05) is 14.1 Å². The van der Waals surface area contributed by atoms with Crippen LogP contribution in [-0.4, -0.2) is 38.6 Å². The maximum Gasteiger partial charge on any atom is 0.000438 e. The summed E-state index contributed by atoms with van der Waals surface area (Å²) in [7, 11) is 3.75. The molecule has 0 amide bonds. The number of nitrogens with zero attached hydrogens (tertiary/aromatic N) is 1. The highest BCUT2D eigenvalue weighted by Crippen LogP contribution is 2.09. The molecular weight excluding hydrogens is 148 g/mol. The van der Waals surface area contributed by atoms with E-state index in [-0.39, 0.29) is 0 Å². The monoisotopic (exact) mass is 172 g/mol. The molecule has 1 N–H and O–H groups in total. The van der Waals surface area contributed by atoms with Gasteiger partial charge in [0.05, 0.1) is 0 Å². The summed E-state index contributed by atoms with van der Waals surface area (Å²) in [5.74, 6) is 0.850. The van der Waals surface area contributed by atoms with E-state index in [1.165, 1.54) is 32.5 Å². The fourth-order valence-corrected chi connectivity index (χ4v) is 1.48. The molecule has 1 aliphatic heterocycles. The molecule has 1 saturated heterocycles. The first-order valence-electron chi connectivity index (χ1n) is 5.01. The van der Waals surface area contributed by atoms with Crippen LogP contribution in [0.5, 0.6) is 0 Å². The second-order valence-electron chi connectivity index (χ2n) is 3.90. The van der Waals surface area contributed by atoms with E-state index in [1.54, 1.807) is 0 Å². The Morgan fingerprint density at radius 1 is 1.17 bits per heavy atom. The molecule has 0 radical (unpaired) electrons. The van der Waals surface area contributed by atoms with Crippen molar-refractivity contribution in [3.05, 3.63) is 0 Å². The van der Waals surface area contributed by atoms with Crippen LogP contribution in [0.4, 0.5) is 0 Å². The quantitative estimate of drug-likeness (QED) is 0.680. The molecule has 2 heteroatoms. The van der Waals surface area contributed by atoms with E-state index in [2.05, 4.69) is 24.1 Å². The smallest absolute Gasteiger partial charge is 0.000438 e. The second kappa shape index (κ2) is 7.56. The third-order valence-corrected chi connectivity index (χ3v) is 1.82. The van der Waals surface area contributed by atoms with E-state index in [0.29, 0.717) is 0 Å². The van der Waals surface area contributed by atoms with Crippen molar-refractivity contribution >= 4 is 0 Å². The standard InChI is InChI=1S/C8H17N.C2H7N/c1-8(2)7-9-5-3-4-6-9;1-3-2/h8H,3-7H2,1-2H3;3H,1-2H3. The van der Waals surface area contributed by atoms with Crippen molar-refractivity contribution in [2.45, 2.75) is 26.7 Å². The zero-order chi connectivity index (χ0) is 9.40. The predicted octanol–water partition coefficient (Wildman–Crippen LogP) is 1.57. The van der Waals surface area contributed by atoms with Crippen LogP contribution in [0.3, 0.4) is 0 Å². The van der Waals surface area contributed by atoms with Crippen LogP contribution in [-0.2, 0) is 0 Å². The lowest BCUT2D eigenvalue weighted by atomic mass is 10.2. The average molecular weight is 172 g/mol. The number of rotatable bonds is 2. The van der Waals surface area contributed by atoms with Gasteiger partial charge in [0, 0.05) is 6.54 Å². The molecule has 74 valence electrons. The summed E-state index contributed by atoms with van der Waals surface area (Å²) >= 11 is 0. The first-order chi connectivity index (χ1) is 5.70. The summed E-state index contributed by atoms with van der Waals surface area (Å²) in [5.41, 5.74) is 0. The van der Waals surface area contributed by atoms with E-state index < -0.39 is 0 Å². The SMILES string of the molecule is CC(C)CN1CCCC1.CNC. The Balaban J connectivity index is 0.000000354. The van der Waals surface area contributed by atoms with E-state index in [9.17, 15) is 0 Å². The highest BCUT2D eigenvalue weighted by molar-refractivity contribution is 4.66. The van der Waals surface area contributed by atoms with Gasteiger partial charge in [-0.25, -0.2) is 0 Å². The van der Waals surface area contributed by atoms with Gasteiger partial charge in [0.25, 0.3) is 0 Å². The molecule has 0 aromatic rings. The minimum Gasteiger partial charge on any atom is -0.323 e. The normalized spacial score (nSPS) is 17.8. The largest absolute Gasteiger partial charge is 0.323 e. The Bertz CT molecular complexity index is 85.8. The highest BCUT2D eigenvalue weighted by Gasteiger charge is 2.11. The van der Waals surface area contributed by atoms with E-state index >= 15 is 0 Å². The Kier molecular flexibility index (Phi) is 7.51. The first kappa shape index (κ1) is 11.9. The lowest BCUT2D eigenvalue weighted by Crippen LogP contribution is -2.23. The van der Waals surface area contributed by atoms with Crippen molar-refractivity contribution in [3.63, 3.8) is 0 Å². The fourth-order valence-electron chi connectivity index (χ4n) is 1.48. The van der Waals surface area contributed by atoms with Gasteiger partial charge in [-0.1, -0.05) is 13.8 Å². The third-order valence-electron chi connectivity index (χ3n) is 1.82. The van der Waals surface area contributed by atoms with Gasteiger partial charge in [-0.05, 0) is 45.9 Å². The van der Waals surface area contributed by atoms with Crippen molar-refractivity contribution in [1.82, 2.24) is 10.2 Å². The van der Waals surface area contributed by atoms with Gasteiger partial charge >= 0.3 is 0 Å². The van der Waals surface area contributed by atoms with Crippen molar-refractivity contribution in [2.75, 3.05) is 33.7 Å². The van der Waals surface area contributed by atoms with Crippen molar-refractivity contribution in [1.29, 1.82) is 0 Å². The molecule has 1 aliphatic rings. The fraction of sp³-hybridized carbons (Fsp3) is 1.00. The van der Waals surface area contributed by atoms with Gasteiger partial charge in [-0.3, -0.25) is 0 Å². The summed E-state index contributed by atoms with van der Waals surface area (Å²) in [6.07, 6.45) is 2.85. The third kappa shape index (κ3) is 6.62. The first-order valence-corrected chi connectivity index (χ1v) is 5.01. The van der Waals surface area contributed by atoms with E-state index in [0.717, 1.165) is 5.92 Å². The summed E-state index contributed by atoms with van der Waals surface area (Å²) in [5, 5.41) is 2.75. The van der Waals surface area contributed by atoms with Crippen LogP contribution in [0.2, 0.25) is 0 Å². The molecule has 0 saturated carbocycles. The lowest BCUT2D eigenvalue weighted by molar-refractivity contribution is 0.298. The van der Waals surface area contributed by atoms with Gasteiger partial charge in [-0.2, -0.15) is 0 Å². The second-order valence-corrected chi connectivity index (χ2v) is 3.90. The molecular formula is C10H24N2. The molecule has 1 rings (SSSR count). The lowest BCUT2D eigenvalue weighted by Gasteiger charge is -2.16. The Morgan fingerprint density at radius 2 is 1.58 bits per heavy atom. The summed E-state index contributed by atoms with van der Waals surface area (Å²) in [6.45, 7) is 8.58. The van der Waals surface area contributed by atoms with Gasteiger partial charge in [0.2, 0.25) is 0 Å². The minimum atomic E-state index is 0.850. The molecule has 0 unspecified atom stereocenters. The molecule has 1 heterocycles. The number of hydrogen-bond donors (Lipinski definition) is 1. The molecule has 2 nitrogen and oxygen atoms in total. The Morgan fingerprint density at radius 3 is 1.92 bits per heavy atom. The molecule has 1 fully saturated rings. The average Bonchev–Trinajstić information content (AvgIpc) is 2.40. The zero-order valence-electron chi connectivity index (χ0n) is 9.06.